The second-order valence-corrected chi connectivity index (χ2v) is 5.29. The molecule has 3 heterocycles. The zero-order valence-corrected chi connectivity index (χ0v) is 10.3. The summed E-state index contributed by atoms with van der Waals surface area (Å²) in [5.41, 5.74) is 1.72. The summed E-state index contributed by atoms with van der Waals surface area (Å²) in [6.07, 6.45) is 5.80. The molecule has 0 bridgehead atoms. The molecular weight excluding hydrogens is 234 g/mol. The van der Waals surface area contributed by atoms with E-state index in [0.717, 1.165) is 41.0 Å². The van der Waals surface area contributed by atoms with E-state index in [2.05, 4.69) is 25.3 Å². The zero-order chi connectivity index (χ0) is 11.5. The standard InChI is InChI=1S/C11H15N5S/c1-3-12-4-2-8(1)5-17-11-9-10(14-6-13-9)15-7-16-11/h6-8,12H,1-5H2,(H,13,14,15,16). The number of rotatable bonds is 3. The summed E-state index contributed by atoms with van der Waals surface area (Å²) in [4.78, 5) is 15.7. The number of thioether (sulfide) groups is 1. The van der Waals surface area contributed by atoms with E-state index in [1.54, 1.807) is 12.7 Å². The van der Waals surface area contributed by atoms with Crippen molar-refractivity contribution in [3.8, 4) is 0 Å². The van der Waals surface area contributed by atoms with Crippen LogP contribution in [0.3, 0.4) is 0 Å². The first kappa shape index (κ1) is 11.0. The molecule has 6 heteroatoms. The van der Waals surface area contributed by atoms with Gasteiger partial charge < -0.3 is 10.3 Å². The van der Waals surface area contributed by atoms with Gasteiger partial charge in [0.15, 0.2) is 5.65 Å². The van der Waals surface area contributed by atoms with Gasteiger partial charge in [0.1, 0.15) is 16.9 Å². The third-order valence-corrected chi connectivity index (χ3v) is 4.32. The molecule has 0 amide bonds. The number of hydrogen-bond donors (Lipinski definition) is 2. The van der Waals surface area contributed by atoms with E-state index < -0.39 is 0 Å². The molecule has 90 valence electrons. The van der Waals surface area contributed by atoms with E-state index >= 15 is 0 Å². The minimum atomic E-state index is 0.757. The van der Waals surface area contributed by atoms with Crippen molar-refractivity contribution in [1.82, 2.24) is 25.3 Å². The molecule has 3 rings (SSSR count). The first-order valence-electron chi connectivity index (χ1n) is 5.91. The number of piperidine rings is 1. The number of aromatic nitrogens is 4. The van der Waals surface area contributed by atoms with Crippen molar-refractivity contribution in [3.63, 3.8) is 0 Å². The molecule has 1 aliphatic rings. The molecule has 0 unspecified atom stereocenters. The van der Waals surface area contributed by atoms with Crippen molar-refractivity contribution in [2.45, 2.75) is 17.9 Å². The molecule has 2 aromatic rings. The molecule has 0 aliphatic carbocycles. The lowest BCUT2D eigenvalue weighted by atomic mass is 10.0. The Morgan fingerprint density at radius 3 is 3.00 bits per heavy atom. The summed E-state index contributed by atoms with van der Waals surface area (Å²) < 4.78 is 0. The van der Waals surface area contributed by atoms with Gasteiger partial charge in [-0.1, -0.05) is 0 Å². The Balaban J connectivity index is 1.69. The maximum absolute atomic E-state index is 4.33. The van der Waals surface area contributed by atoms with Crippen LogP contribution in [-0.4, -0.2) is 38.8 Å². The van der Waals surface area contributed by atoms with E-state index in [0.29, 0.717) is 0 Å². The van der Waals surface area contributed by atoms with Crippen molar-refractivity contribution in [1.29, 1.82) is 0 Å². The number of nitrogens with one attached hydrogen (secondary N) is 2. The highest BCUT2D eigenvalue weighted by molar-refractivity contribution is 7.99. The molecule has 5 nitrogen and oxygen atoms in total. The third kappa shape index (κ3) is 2.42. The van der Waals surface area contributed by atoms with Crippen LogP contribution >= 0.6 is 11.8 Å². The number of nitrogens with zero attached hydrogens (tertiary/aromatic N) is 3. The number of fused-ring (bicyclic) bond motifs is 1. The number of aromatic amines is 1. The van der Waals surface area contributed by atoms with E-state index in [-0.39, 0.29) is 0 Å². The predicted octanol–water partition coefficient (Wildman–Crippen LogP) is 1.44. The van der Waals surface area contributed by atoms with Gasteiger partial charge in [-0.05, 0) is 31.8 Å². The molecule has 2 N–H and O–H groups in total. The summed E-state index contributed by atoms with van der Waals surface area (Å²) in [6, 6.07) is 0. The van der Waals surface area contributed by atoms with Crippen LogP contribution in [0.25, 0.3) is 11.2 Å². The third-order valence-electron chi connectivity index (χ3n) is 3.10. The summed E-state index contributed by atoms with van der Waals surface area (Å²) in [5, 5.41) is 4.41. The fourth-order valence-electron chi connectivity index (χ4n) is 2.10. The number of imidazole rings is 1. The maximum Gasteiger partial charge on any atom is 0.181 e. The van der Waals surface area contributed by atoms with E-state index in [1.807, 2.05) is 11.8 Å². The van der Waals surface area contributed by atoms with Gasteiger partial charge in [-0.3, -0.25) is 0 Å². The van der Waals surface area contributed by atoms with Crippen LogP contribution in [0, 0.1) is 5.92 Å². The number of H-pyrrole nitrogens is 1. The molecule has 2 aromatic heterocycles. The average molecular weight is 249 g/mol. The van der Waals surface area contributed by atoms with Gasteiger partial charge in [0.25, 0.3) is 0 Å². The highest BCUT2D eigenvalue weighted by atomic mass is 32.2. The van der Waals surface area contributed by atoms with Crippen LogP contribution in [0.2, 0.25) is 0 Å². The highest BCUT2D eigenvalue weighted by Gasteiger charge is 2.14. The monoisotopic (exact) mass is 249 g/mol. The zero-order valence-electron chi connectivity index (χ0n) is 9.52. The highest BCUT2D eigenvalue weighted by Crippen LogP contribution is 2.26. The Kier molecular flexibility index (Phi) is 3.24. The molecule has 17 heavy (non-hydrogen) atoms. The Morgan fingerprint density at radius 1 is 1.24 bits per heavy atom. The predicted molar refractivity (Wildman–Crippen MR) is 68.0 cm³/mol. The number of hydrogen-bond acceptors (Lipinski definition) is 5. The van der Waals surface area contributed by atoms with E-state index in [4.69, 9.17) is 0 Å². The smallest absolute Gasteiger partial charge is 0.181 e. The van der Waals surface area contributed by atoms with Crippen LogP contribution in [0.4, 0.5) is 0 Å². The first-order chi connectivity index (χ1) is 8.43. The van der Waals surface area contributed by atoms with Gasteiger partial charge in [0.05, 0.1) is 6.33 Å². The second kappa shape index (κ2) is 5.01. The Morgan fingerprint density at radius 2 is 2.12 bits per heavy atom. The van der Waals surface area contributed by atoms with Crippen molar-refractivity contribution in [2.75, 3.05) is 18.8 Å². The van der Waals surface area contributed by atoms with Crippen LogP contribution in [0.5, 0.6) is 0 Å². The Bertz CT molecular complexity index is 491. The molecule has 0 atom stereocenters. The fourth-order valence-corrected chi connectivity index (χ4v) is 3.24. The van der Waals surface area contributed by atoms with Crippen LogP contribution in [0.1, 0.15) is 12.8 Å². The van der Waals surface area contributed by atoms with Gasteiger partial charge in [0, 0.05) is 5.75 Å². The van der Waals surface area contributed by atoms with Crippen molar-refractivity contribution in [3.05, 3.63) is 12.7 Å². The van der Waals surface area contributed by atoms with E-state index in [1.165, 1.54) is 12.8 Å². The van der Waals surface area contributed by atoms with Crippen LogP contribution in [0.15, 0.2) is 17.7 Å². The molecule has 1 aliphatic heterocycles. The SMILES string of the molecule is c1nc(SCC2CCNCC2)c2[nH]cnc2n1. The molecule has 0 saturated carbocycles. The van der Waals surface area contributed by atoms with Gasteiger partial charge in [-0.2, -0.15) is 0 Å². The van der Waals surface area contributed by atoms with Crippen molar-refractivity contribution < 1.29 is 0 Å². The van der Waals surface area contributed by atoms with Crippen molar-refractivity contribution in [2.24, 2.45) is 5.92 Å². The van der Waals surface area contributed by atoms with Crippen LogP contribution in [-0.2, 0) is 0 Å². The minimum absolute atomic E-state index is 0.757. The summed E-state index contributed by atoms with van der Waals surface area (Å²) in [5.74, 6) is 1.93. The Labute approximate surface area is 104 Å². The molecular formula is C11H15N5S. The molecule has 1 fully saturated rings. The average Bonchev–Trinajstić information content (AvgIpc) is 2.86. The lowest BCUT2D eigenvalue weighted by Crippen LogP contribution is -2.28. The lowest BCUT2D eigenvalue weighted by molar-refractivity contribution is 0.408. The van der Waals surface area contributed by atoms with Crippen LogP contribution < -0.4 is 5.32 Å². The quantitative estimate of drug-likeness (QED) is 0.636. The topological polar surface area (TPSA) is 66.5 Å². The summed E-state index contributed by atoms with van der Waals surface area (Å²) in [7, 11) is 0. The summed E-state index contributed by atoms with van der Waals surface area (Å²) in [6.45, 7) is 2.29. The maximum atomic E-state index is 4.33. The van der Waals surface area contributed by atoms with Crippen molar-refractivity contribution >= 4 is 22.9 Å². The molecule has 1 saturated heterocycles. The van der Waals surface area contributed by atoms with Gasteiger partial charge in [0.2, 0.25) is 0 Å². The first-order valence-corrected chi connectivity index (χ1v) is 6.89. The van der Waals surface area contributed by atoms with Gasteiger partial charge >= 0.3 is 0 Å². The minimum Gasteiger partial charge on any atom is -0.341 e. The molecule has 0 spiro atoms. The van der Waals surface area contributed by atoms with E-state index in [9.17, 15) is 0 Å². The largest absolute Gasteiger partial charge is 0.341 e. The summed E-state index contributed by atoms with van der Waals surface area (Å²) >= 11 is 1.81. The normalized spacial score (nSPS) is 17.6. The molecule has 0 radical (unpaired) electrons. The molecule has 0 aromatic carbocycles. The fraction of sp³-hybridized carbons (Fsp3) is 0.545. The second-order valence-electron chi connectivity index (χ2n) is 4.28. The van der Waals surface area contributed by atoms with Gasteiger partial charge in [-0.15, -0.1) is 11.8 Å². The lowest BCUT2D eigenvalue weighted by Gasteiger charge is -2.21. The Hall–Kier alpha value is -1.14. The van der Waals surface area contributed by atoms with Gasteiger partial charge in [-0.25, -0.2) is 15.0 Å².